The summed E-state index contributed by atoms with van der Waals surface area (Å²) in [6, 6.07) is 16.4. The molecule has 4 rings (SSSR count). The number of carbonyl (C=O) groups is 1. The lowest BCUT2D eigenvalue weighted by atomic mass is 10.2. The van der Waals surface area contributed by atoms with Gasteiger partial charge < -0.3 is 19.2 Å². The number of thiocarbonyl (C=S) groups is 1. The maximum Gasteiger partial charge on any atom is 0.281 e. The molecule has 2 aromatic carbocycles. The highest BCUT2D eigenvalue weighted by atomic mass is 32.1. The van der Waals surface area contributed by atoms with E-state index in [1.54, 1.807) is 30.3 Å². The quantitative estimate of drug-likeness (QED) is 0.428. The van der Waals surface area contributed by atoms with Crippen molar-refractivity contribution in [2.75, 3.05) is 11.5 Å². The Bertz CT molecular complexity index is 1140. The van der Waals surface area contributed by atoms with Crippen LogP contribution in [0.2, 0.25) is 0 Å². The maximum absolute atomic E-state index is 13.0. The summed E-state index contributed by atoms with van der Waals surface area (Å²) in [5, 5.41) is 3.19. The molecule has 0 radical (unpaired) electrons. The Morgan fingerprint density at radius 3 is 2.65 bits per heavy atom. The van der Waals surface area contributed by atoms with E-state index in [2.05, 4.69) is 5.32 Å². The molecular formula is C23H19FN2O4S. The van der Waals surface area contributed by atoms with Crippen LogP contribution in [0.15, 0.2) is 70.8 Å². The lowest BCUT2D eigenvalue weighted by Crippen LogP contribution is -2.30. The van der Waals surface area contributed by atoms with E-state index in [0.29, 0.717) is 35.3 Å². The third-order valence-corrected chi connectivity index (χ3v) is 4.73. The largest absolute Gasteiger partial charge is 0.492 e. The number of para-hydroxylation sites is 2. The van der Waals surface area contributed by atoms with Crippen LogP contribution >= 0.6 is 12.2 Å². The van der Waals surface area contributed by atoms with Crippen LogP contribution in [-0.4, -0.2) is 17.6 Å². The molecule has 6 nitrogen and oxygen atoms in total. The molecule has 0 bridgehead atoms. The Morgan fingerprint density at radius 2 is 1.87 bits per heavy atom. The average Bonchev–Trinajstić information content (AvgIpc) is 3.32. The minimum Gasteiger partial charge on any atom is -0.492 e. The Morgan fingerprint density at radius 1 is 1.10 bits per heavy atom. The first-order valence-electron chi connectivity index (χ1n) is 9.61. The lowest BCUT2D eigenvalue weighted by Gasteiger charge is -2.17. The van der Waals surface area contributed by atoms with Crippen LogP contribution in [0.1, 0.15) is 18.4 Å². The molecule has 1 aromatic heterocycles. The van der Waals surface area contributed by atoms with Gasteiger partial charge in [0.25, 0.3) is 5.91 Å². The number of halogens is 1. The van der Waals surface area contributed by atoms with Crippen molar-refractivity contribution >= 4 is 35.0 Å². The van der Waals surface area contributed by atoms with Crippen LogP contribution in [0.25, 0.3) is 6.08 Å². The molecule has 158 valence electrons. The predicted molar refractivity (Wildman–Crippen MR) is 118 cm³/mol. The van der Waals surface area contributed by atoms with Crippen molar-refractivity contribution in [3.05, 3.63) is 83.7 Å². The minimum atomic E-state index is -0.330. The minimum absolute atomic E-state index is 0.169. The number of nitrogens with zero attached hydrogens (tertiary/aromatic N) is 1. The zero-order valence-electron chi connectivity index (χ0n) is 16.6. The lowest BCUT2D eigenvalue weighted by molar-refractivity contribution is -0.113. The van der Waals surface area contributed by atoms with Crippen LogP contribution in [0, 0.1) is 5.82 Å². The van der Waals surface area contributed by atoms with E-state index in [1.165, 1.54) is 29.2 Å². The number of hydrogen-bond acceptors (Lipinski definition) is 5. The first-order valence-corrected chi connectivity index (χ1v) is 10.0. The van der Waals surface area contributed by atoms with Gasteiger partial charge in [-0.2, -0.15) is 0 Å². The van der Waals surface area contributed by atoms with Gasteiger partial charge in [0.2, 0.25) is 0 Å². The molecule has 1 amide bonds. The second-order valence-corrected chi connectivity index (χ2v) is 6.96. The van der Waals surface area contributed by atoms with Crippen LogP contribution in [0.3, 0.4) is 0 Å². The highest BCUT2D eigenvalue weighted by Crippen LogP contribution is 2.31. The van der Waals surface area contributed by atoms with Gasteiger partial charge in [0.15, 0.2) is 5.11 Å². The first kappa shape index (κ1) is 20.6. The summed E-state index contributed by atoms with van der Waals surface area (Å²) in [6.07, 6.45) is 1.58. The number of benzene rings is 2. The maximum atomic E-state index is 13.0. The molecule has 1 saturated heterocycles. The highest BCUT2D eigenvalue weighted by molar-refractivity contribution is 7.80. The third-order valence-electron chi connectivity index (χ3n) is 4.45. The number of nitrogens with one attached hydrogen (secondary N) is 1. The van der Waals surface area contributed by atoms with E-state index < -0.39 is 0 Å². The van der Waals surface area contributed by atoms with Gasteiger partial charge in [-0.1, -0.05) is 12.1 Å². The van der Waals surface area contributed by atoms with Crippen molar-refractivity contribution in [3.63, 3.8) is 0 Å². The zero-order chi connectivity index (χ0) is 21.8. The molecule has 2 heterocycles. The van der Waals surface area contributed by atoms with Crippen LogP contribution in [0.5, 0.6) is 11.5 Å². The van der Waals surface area contributed by atoms with Gasteiger partial charge in [-0.25, -0.2) is 9.29 Å². The summed E-state index contributed by atoms with van der Waals surface area (Å²) in [5.41, 5.74) is 0.861. The van der Waals surface area contributed by atoms with Gasteiger partial charge in [-0.15, -0.1) is 0 Å². The van der Waals surface area contributed by atoms with Crippen LogP contribution in [0.4, 0.5) is 10.1 Å². The Hall–Kier alpha value is -3.65. The van der Waals surface area contributed by atoms with E-state index in [0.717, 1.165) is 0 Å². The van der Waals surface area contributed by atoms with Crippen molar-refractivity contribution in [1.82, 2.24) is 5.32 Å². The molecule has 3 aromatic rings. The smallest absolute Gasteiger partial charge is 0.281 e. The number of hydrogen-bond donors (Lipinski definition) is 1. The fourth-order valence-electron chi connectivity index (χ4n) is 3.05. The summed E-state index contributed by atoms with van der Waals surface area (Å²) in [7, 11) is 0. The predicted octanol–water partition coefficient (Wildman–Crippen LogP) is 4.66. The molecule has 1 fully saturated rings. The molecule has 1 N–H and O–H groups in total. The fraction of sp³-hybridized carbons (Fsp3) is 0.130. The van der Waals surface area contributed by atoms with Gasteiger partial charge in [-0.05, 0) is 67.7 Å². The molecular weight excluding hydrogens is 419 g/mol. The van der Waals surface area contributed by atoms with E-state index in [1.807, 2.05) is 19.1 Å². The number of amides is 1. The second-order valence-electron chi connectivity index (χ2n) is 6.58. The van der Waals surface area contributed by atoms with Crippen LogP contribution < -0.4 is 19.7 Å². The topological polar surface area (TPSA) is 63.9 Å². The summed E-state index contributed by atoms with van der Waals surface area (Å²) >= 11 is 5.37. The molecule has 0 spiro atoms. The Balaban J connectivity index is 1.48. The van der Waals surface area contributed by atoms with Gasteiger partial charge in [0, 0.05) is 6.08 Å². The van der Waals surface area contributed by atoms with Gasteiger partial charge in [0.05, 0.1) is 12.3 Å². The van der Waals surface area contributed by atoms with E-state index in [-0.39, 0.29) is 29.1 Å². The standard InChI is InChI=1S/C23H19FN2O4S/c1-2-28-21-6-4-3-5-20(21)26-22(27)19(25-23(26)31)13-17-11-12-18(30-17)14-29-16-9-7-15(24)8-10-16/h3-13H,2,14H2,1H3,(H,25,31)/b19-13+. The Labute approximate surface area is 183 Å². The van der Waals surface area contributed by atoms with Crippen molar-refractivity contribution in [3.8, 4) is 11.5 Å². The Kier molecular flexibility index (Phi) is 5.99. The number of rotatable bonds is 7. The van der Waals surface area contributed by atoms with Crippen molar-refractivity contribution in [2.24, 2.45) is 0 Å². The van der Waals surface area contributed by atoms with Crippen molar-refractivity contribution in [2.45, 2.75) is 13.5 Å². The average molecular weight is 438 g/mol. The van der Waals surface area contributed by atoms with Crippen molar-refractivity contribution < 1.29 is 23.1 Å². The number of anilines is 1. The number of furan rings is 1. The van der Waals surface area contributed by atoms with Crippen LogP contribution in [-0.2, 0) is 11.4 Å². The van der Waals surface area contributed by atoms with Gasteiger partial charge in [0.1, 0.15) is 41.1 Å². The summed E-state index contributed by atoms with van der Waals surface area (Å²) in [5.74, 6) is 1.49. The molecule has 0 saturated carbocycles. The molecule has 8 heteroatoms. The first-order chi connectivity index (χ1) is 15.0. The van der Waals surface area contributed by atoms with E-state index in [9.17, 15) is 9.18 Å². The summed E-state index contributed by atoms with van der Waals surface area (Å²) in [4.78, 5) is 14.4. The third kappa shape index (κ3) is 4.59. The normalized spacial score (nSPS) is 14.8. The monoisotopic (exact) mass is 438 g/mol. The second kappa shape index (κ2) is 9.01. The molecule has 1 aliphatic rings. The van der Waals surface area contributed by atoms with Gasteiger partial charge in [-0.3, -0.25) is 4.79 Å². The van der Waals surface area contributed by atoms with Gasteiger partial charge >= 0.3 is 0 Å². The van der Waals surface area contributed by atoms with Crippen molar-refractivity contribution in [1.29, 1.82) is 0 Å². The molecule has 31 heavy (non-hydrogen) atoms. The molecule has 0 aliphatic carbocycles. The summed E-state index contributed by atoms with van der Waals surface area (Å²) in [6.45, 7) is 2.51. The molecule has 0 unspecified atom stereocenters. The van der Waals surface area contributed by atoms with E-state index >= 15 is 0 Å². The highest BCUT2D eigenvalue weighted by Gasteiger charge is 2.33. The number of carbonyl (C=O) groups excluding carboxylic acids is 1. The summed E-state index contributed by atoms with van der Waals surface area (Å²) < 4.78 is 29.9. The SMILES string of the molecule is CCOc1ccccc1N1C(=O)/C(=C\c2ccc(COc3ccc(F)cc3)o2)NC1=S. The number of ether oxygens (including phenoxy) is 2. The molecule has 1 aliphatic heterocycles. The fourth-order valence-corrected chi connectivity index (χ4v) is 3.34. The zero-order valence-corrected chi connectivity index (χ0v) is 17.4. The molecule has 0 atom stereocenters. The van der Waals surface area contributed by atoms with E-state index in [4.69, 9.17) is 26.1 Å².